The van der Waals surface area contributed by atoms with Gasteiger partial charge in [-0.25, -0.2) is 4.79 Å². The first kappa shape index (κ1) is 15.0. The molecule has 2 aromatic rings. The monoisotopic (exact) mass is 299 g/mol. The number of ether oxygens (including phenoxy) is 2. The zero-order valence-corrected chi connectivity index (χ0v) is 11.0. The van der Waals surface area contributed by atoms with E-state index in [2.05, 4.69) is 9.72 Å². The van der Waals surface area contributed by atoms with Crippen LogP contribution in [0.25, 0.3) is 0 Å². The smallest absolute Gasteiger partial charge is 0.423 e. The molecule has 0 atom stereocenters. The fourth-order valence-corrected chi connectivity index (χ4v) is 1.66. The minimum absolute atomic E-state index is 0.0269. The summed E-state index contributed by atoms with van der Waals surface area (Å²) >= 11 is 0. The van der Waals surface area contributed by atoms with Crippen molar-refractivity contribution >= 4 is 5.97 Å². The molecule has 1 N–H and O–H groups in total. The lowest BCUT2D eigenvalue weighted by Gasteiger charge is -2.09. The predicted molar refractivity (Wildman–Crippen MR) is 68.3 cm³/mol. The molecule has 1 aromatic carbocycles. The van der Waals surface area contributed by atoms with Gasteiger partial charge < -0.3 is 14.5 Å². The molecule has 0 aliphatic rings. The summed E-state index contributed by atoms with van der Waals surface area (Å²) in [6.45, 7) is 1.92. The summed E-state index contributed by atoms with van der Waals surface area (Å²) in [5.41, 5.74) is 1.16. The Balaban J connectivity index is 2.08. The zero-order chi connectivity index (χ0) is 15.5. The summed E-state index contributed by atoms with van der Waals surface area (Å²) in [4.78, 5) is 14.7. The van der Waals surface area contributed by atoms with Crippen LogP contribution in [0, 0.1) is 0 Å². The summed E-state index contributed by atoms with van der Waals surface area (Å²) in [5.74, 6) is -1.13. The highest BCUT2D eigenvalue weighted by atomic mass is 19.4. The molecule has 0 aliphatic carbocycles. The molecule has 0 spiro atoms. The molecular formula is C14H12F3NO3. The van der Waals surface area contributed by atoms with Crippen LogP contribution in [0.3, 0.4) is 0 Å². The van der Waals surface area contributed by atoms with Crippen LogP contribution < -0.4 is 9.47 Å². The van der Waals surface area contributed by atoms with Gasteiger partial charge in [0.25, 0.3) is 0 Å². The summed E-state index contributed by atoms with van der Waals surface area (Å²) < 4.78 is 45.1. The molecule has 0 unspecified atom stereocenters. The molecule has 0 fully saturated rings. The normalized spacial score (nSPS) is 11.2. The standard InChI is InChI=1S/C14H12F3NO3/c1-2-10-6-9(8-18-10)13(19)20-11-4-3-5-12(7-11)21-14(15,16)17/h3-8,18H,2H2,1H3. The Morgan fingerprint density at radius 1 is 1.24 bits per heavy atom. The molecule has 0 bridgehead atoms. The van der Waals surface area contributed by atoms with E-state index in [0.29, 0.717) is 5.56 Å². The molecule has 0 radical (unpaired) electrons. The SMILES string of the molecule is CCc1cc(C(=O)Oc2cccc(OC(F)(F)F)c2)c[nH]1. The third-order valence-corrected chi connectivity index (χ3v) is 2.61. The number of hydrogen-bond donors (Lipinski definition) is 1. The van der Waals surface area contributed by atoms with Gasteiger partial charge in [-0.05, 0) is 24.6 Å². The Bertz CT molecular complexity index is 634. The number of hydrogen-bond acceptors (Lipinski definition) is 3. The van der Waals surface area contributed by atoms with Crippen molar-refractivity contribution in [2.75, 3.05) is 0 Å². The second kappa shape index (κ2) is 5.90. The van der Waals surface area contributed by atoms with Gasteiger partial charge >= 0.3 is 12.3 Å². The number of H-pyrrole nitrogens is 1. The van der Waals surface area contributed by atoms with Crippen LogP contribution in [-0.4, -0.2) is 17.3 Å². The van der Waals surface area contributed by atoms with Crippen LogP contribution in [-0.2, 0) is 6.42 Å². The van der Waals surface area contributed by atoms with E-state index >= 15 is 0 Å². The van der Waals surface area contributed by atoms with Gasteiger partial charge in [-0.15, -0.1) is 13.2 Å². The minimum atomic E-state index is -4.79. The van der Waals surface area contributed by atoms with Crippen LogP contribution in [0.2, 0.25) is 0 Å². The highest BCUT2D eigenvalue weighted by Gasteiger charge is 2.31. The summed E-state index contributed by atoms with van der Waals surface area (Å²) in [7, 11) is 0. The van der Waals surface area contributed by atoms with Crippen LogP contribution >= 0.6 is 0 Å². The number of carbonyl (C=O) groups excluding carboxylic acids is 1. The first-order valence-corrected chi connectivity index (χ1v) is 6.12. The number of aryl methyl sites for hydroxylation is 1. The van der Waals surface area contributed by atoms with E-state index < -0.39 is 18.1 Å². The lowest BCUT2D eigenvalue weighted by molar-refractivity contribution is -0.274. The zero-order valence-electron chi connectivity index (χ0n) is 11.0. The number of nitrogens with one attached hydrogen (secondary N) is 1. The third kappa shape index (κ3) is 4.27. The van der Waals surface area contributed by atoms with E-state index in [4.69, 9.17) is 4.74 Å². The Kier molecular flexibility index (Phi) is 4.21. The topological polar surface area (TPSA) is 51.3 Å². The molecule has 0 saturated carbocycles. The summed E-state index contributed by atoms with van der Waals surface area (Å²) in [6.07, 6.45) is -2.58. The van der Waals surface area contributed by atoms with E-state index in [1.54, 1.807) is 6.07 Å². The van der Waals surface area contributed by atoms with E-state index in [9.17, 15) is 18.0 Å². The first-order chi connectivity index (χ1) is 9.87. The molecule has 2 rings (SSSR count). The Morgan fingerprint density at radius 3 is 2.57 bits per heavy atom. The van der Waals surface area contributed by atoms with Crippen molar-refractivity contribution in [2.24, 2.45) is 0 Å². The van der Waals surface area contributed by atoms with E-state index in [0.717, 1.165) is 24.2 Å². The molecule has 7 heteroatoms. The summed E-state index contributed by atoms with van der Waals surface area (Å²) in [6, 6.07) is 6.42. The number of aromatic nitrogens is 1. The number of carbonyl (C=O) groups is 1. The van der Waals surface area contributed by atoms with E-state index in [-0.39, 0.29) is 5.75 Å². The second-order valence-corrected chi connectivity index (χ2v) is 4.18. The average Bonchev–Trinajstić information content (AvgIpc) is 2.85. The molecule has 0 amide bonds. The van der Waals surface area contributed by atoms with Gasteiger partial charge in [-0.1, -0.05) is 13.0 Å². The van der Waals surface area contributed by atoms with E-state index in [1.807, 2.05) is 6.92 Å². The van der Waals surface area contributed by atoms with Gasteiger partial charge in [0, 0.05) is 18.0 Å². The van der Waals surface area contributed by atoms with Gasteiger partial charge in [0.05, 0.1) is 5.56 Å². The molecule has 112 valence electrons. The van der Waals surface area contributed by atoms with Crippen molar-refractivity contribution in [3.63, 3.8) is 0 Å². The van der Waals surface area contributed by atoms with Gasteiger partial charge in [0.1, 0.15) is 11.5 Å². The average molecular weight is 299 g/mol. The van der Waals surface area contributed by atoms with E-state index in [1.165, 1.54) is 18.3 Å². The molecule has 21 heavy (non-hydrogen) atoms. The van der Waals surface area contributed by atoms with Crippen LogP contribution in [0.4, 0.5) is 13.2 Å². The number of esters is 1. The maximum Gasteiger partial charge on any atom is 0.573 e. The van der Waals surface area contributed by atoms with Crippen molar-refractivity contribution in [3.8, 4) is 11.5 Å². The number of benzene rings is 1. The maximum atomic E-state index is 12.1. The number of aromatic amines is 1. The van der Waals surface area contributed by atoms with Crippen molar-refractivity contribution in [2.45, 2.75) is 19.7 Å². The fourth-order valence-electron chi connectivity index (χ4n) is 1.66. The van der Waals surface area contributed by atoms with Gasteiger partial charge in [0.15, 0.2) is 0 Å². The van der Waals surface area contributed by atoms with Crippen molar-refractivity contribution in [3.05, 3.63) is 47.8 Å². The highest BCUT2D eigenvalue weighted by molar-refractivity contribution is 5.91. The molecule has 1 heterocycles. The van der Waals surface area contributed by atoms with Crippen LogP contribution in [0.1, 0.15) is 23.0 Å². The molecular weight excluding hydrogens is 287 g/mol. The van der Waals surface area contributed by atoms with Crippen molar-refractivity contribution in [1.82, 2.24) is 4.98 Å². The maximum absolute atomic E-state index is 12.1. The fraction of sp³-hybridized carbons (Fsp3) is 0.214. The highest BCUT2D eigenvalue weighted by Crippen LogP contribution is 2.26. The lowest BCUT2D eigenvalue weighted by atomic mass is 10.3. The van der Waals surface area contributed by atoms with Gasteiger partial charge in [-0.2, -0.15) is 0 Å². The number of halogens is 3. The summed E-state index contributed by atoms with van der Waals surface area (Å²) in [5, 5.41) is 0. The Labute approximate surface area is 118 Å². The number of rotatable bonds is 4. The first-order valence-electron chi connectivity index (χ1n) is 6.12. The third-order valence-electron chi connectivity index (χ3n) is 2.61. The quantitative estimate of drug-likeness (QED) is 0.692. The van der Waals surface area contributed by atoms with Gasteiger partial charge in [0.2, 0.25) is 0 Å². The minimum Gasteiger partial charge on any atom is -0.423 e. The molecule has 1 aromatic heterocycles. The molecule has 0 saturated heterocycles. The Hall–Kier alpha value is -2.44. The largest absolute Gasteiger partial charge is 0.573 e. The molecule has 0 aliphatic heterocycles. The van der Waals surface area contributed by atoms with Gasteiger partial charge in [-0.3, -0.25) is 0 Å². The lowest BCUT2D eigenvalue weighted by Crippen LogP contribution is -2.17. The van der Waals surface area contributed by atoms with Crippen LogP contribution in [0.15, 0.2) is 36.5 Å². The van der Waals surface area contributed by atoms with Crippen molar-refractivity contribution in [1.29, 1.82) is 0 Å². The number of alkyl halides is 3. The second-order valence-electron chi connectivity index (χ2n) is 4.18. The van der Waals surface area contributed by atoms with Crippen LogP contribution in [0.5, 0.6) is 11.5 Å². The van der Waals surface area contributed by atoms with Crippen molar-refractivity contribution < 1.29 is 27.4 Å². The predicted octanol–water partition coefficient (Wildman–Crippen LogP) is 3.69. The Morgan fingerprint density at radius 2 is 1.95 bits per heavy atom. The molecule has 4 nitrogen and oxygen atoms in total.